The van der Waals surface area contributed by atoms with Gasteiger partial charge in [-0.3, -0.25) is 0 Å². The third-order valence-electron chi connectivity index (χ3n) is 2.17. The molecule has 0 aliphatic heterocycles. The van der Waals surface area contributed by atoms with Crippen LogP contribution in [0.1, 0.15) is 25.5 Å². The van der Waals surface area contributed by atoms with Crippen molar-refractivity contribution in [3.63, 3.8) is 0 Å². The van der Waals surface area contributed by atoms with E-state index in [0.717, 1.165) is 21.6 Å². The van der Waals surface area contributed by atoms with Crippen molar-refractivity contribution in [1.82, 2.24) is 5.32 Å². The number of benzene rings is 1. The molecular weight excluding hydrogens is 273 g/mol. The Labute approximate surface area is 105 Å². The predicted molar refractivity (Wildman–Crippen MR) is 70.4 cm³/mol. The lowest BCUT2D eigenvalue weighted by Crippen LogP contribution is -2.21. The van der Waals surface area contributed by atoms with Crippen LogP contribution in [0.4, 0.5) is 0 Å². The highest BCUT2D eigenvalue weighted by atomic mass is 79.9. The fraction of sp³-hybridized carbons (Fsp3) is 0.333. The summed E-state index contributed by atoms with van der Waals surface area (Å²) in [5.41, 5.74) is 2.27. The van der Waals surface area contributed by atoms with Gasteiger partial charge in [0.15, 0.2) is 0 Å². The molecule has 0 aromatic heterocycles. The number of likely N-dealkylation sites (N-methyl/N-ethyl adjacent to an activating group) is 1. The summed E-state index contributed by atoms with van der Waals surface area (Å²) in [6.45, 7) is 9.01. The van der Waals surface area contributed by atoms with Gasteiger partial charge in [-0.25, -0.2) is 0 Å². The van der Waals surface area contributed by atoms with Crippen LogP contribution in [-0.2, 0) is 0 Å². The highest BCUT2D eigenvalue weighted by Crippen LogP contribution is 2.29. The zero-order valence-corrected chi connectivity index (χ0v) is 11.3. The summed E-state index contributed by atoms with van der Waals surface area (Å²) in [6.07, 6.45) is 0. The lowest BCUT2D eigenvalue weighted by molar-refractivity contribution is 0.619. The molecule has 0 amide bonds. The molecule has 1 aromatic rings. The minimum Gasteiger partial charge on any atom is -0.307 e. The largest absolute Gasteiger partial charge is 0.307 e. The second-order valence-electron chi connectivity index (χ2n) is 3.50. The molecule has 0 saturated heterocycles. The highest BCUT2D eigenvalue weighted by Gasteiger charge is 2.13. The SMILES string of the molecule is C=C(C)C(NCC)c1ccc(Cl)cc1Br. The van der Waals surface area contributed by atoms with Gasteiger partial charge in [0, 0.05) is 9.50 Å². The summed E-state index contributed by atoms with van der Waals surface area (Å²) in [5.74, 6) is 0. The Hall–Kier alpha value is -0.310. The molecule has 82 valence electrons. The van der Waals surface area contributed by atoms with E-state index < -0.39 is 0 Å². The van der Waals surface area contributed by atoms with Crippen LogP contribution in [-0.4, -0.2) is 6.54 Å². The van der Waals surface area contributed by atoms with Crippen molar-refractivity contribution in [2.75, 3.05) is 6.54 Å². The quantitative estimate of drug-likeness (QED) is 0.813. The summed E-state index contributed by atoms with van der Waals surface area (Å²) < 4.78 is 1.02. The van der Waals surface area contributed by atoms with Gasteiger partial charge in [-0.1, -0.05) is 52.7 Å². The van der Waals surface area contributed by atoms with E-state index in [1.165, 1.54) is 5.56 Å². The lowest BCUT2D eigenvalue weighted by Gasteiger charge is -2.20. The standard InChI is InChI=1S/C12H15BrClN/c1-4-15-12(8(2)3)10-6-5-9(14)7-11(10)13/h5-7,12,15H,2,4H2,1,3H3. The Balaban J connectivity index is 3.05. The van der Waals surface area contributed by atoms with Gasteiger partial charge in [-0.15, -0.1) is 0 Å². The fourth-order valence-corrected chi connectivity index (χ4v) is 2.40. The molecule has 0 heterocycles. The normalized spacial score (nSPS) is 12.5. The van der Waals surface area contributed by atoms with E-state index in [4.69, 9.17) is 11.6 Å². The summed E-state index contributed by atoms with van der Waals surface area (Å²) in [4.78, 5) is 0. The summed E-state index contributed by atoms with van der Waals surface area (Å²) in [5, 5.41) is 4.12. The third kappa shape index (κ3) is 3.33. The first kappa shape index (κ1) is 12.8. The molecule has 0 fully saturated rings. The van der Waals surface area contributed by atoms with E-state index in [2.05, 4.69) is 34.7 Å². The van der Waals surface area contributed by atoms with Gasteiger partial charge in [-0.05, 0) is 31.2 Å². The predicted octanol–water partition coefficient (Wildman–Crippen LogP) is 4.33. The Bertz CT molecular complexity index is 363. The smallest absolute Gasteiger partial charge is 0.0541 e. The van der Waals surface area contributed by atoms with Crippen molar-refractivity contribution in [2.45, 2.75) is 19.9 Å². The van der Waals surface area contributed by atoms with E-state index in [1.807, 2.05) is 25.1 Å². The maximum absolute atomic E-state index is 5.91. The molecule has 1 nitrogen and oxygen atoms in total. The maximum atomic E-state index is 5.91. The van der Waals surface area contributed by atoms with Crippen molar-refractivity contribution >= 4 is 27.5 Å². The number of hydrogen-bond acceptors (Lipinski definition) is 1. The van der Waals surface area contributed by atoms with Crippen LogP contribution in [0.5, 0.6) is 0 Å². The number of nitrogens with one attached hydrogen (secondary N) is 1. The van der Waals surface area contributed by atoms with Gasteiger partial charge < -0.3 is 5.32 Å². The van der Waals surface area contributed by atoms with E-state index in [-0.39, 0.29) is 6.04 Å². The Morgan fingerprint density at radius 1 is 1.60 bits per heavy atom. The maximum Gasteiger partial charge on any atom is 0.0541 e. The first-order valence-electron chi connectivity index (χ1n) is 4.90. The topological polar surface area (TPSA) is 12.0 Å². The van der Waals surface area contributed by atoms with Crippen LogP contribution >= 0.6 is 27.5 Å². The molecule has 0 saturated carbocycles. The van der Waals surface area contributed by atoms with Crippen molar-refractivity contribution in [1.29, 1.82) is 0 Å². The summed E-state index contributed by atoms with van der Waals surface area (Å²) >= 11 is 9.43. The van der Waals surface area contributed by atoms with Crippen molar-refractivity contribution < 1.29 is 0 Å². The summed E-state index contributed by atoms with van der Waals surface area (Å²) in [7, 11) is 0. The van der Waals surface area contributed by atoms with Crippen LogP contribution in [0.3, 0.4) is 0 Å². The molecule has 1 unspecified atom stereocenters. The minimum absolute atomic E-state index is 0.182. The number of rotatable bonds is 4. The van der Waals surface area contributed by atoms with Crippen molar-refractivity contribution in [3.8, 4) is 0 Å². The first-order valence-corrected chi connectivity index (χ1v) is 6.07. The molecule has 0 aliphatic rings. The highest BCUT2D eigenvalue weighted by molar-refractivity contribution is 9.10. The monoisotopic (exact) mass is 287 g/mol. The zero-order chi connectivity index (χ0) is 11.4. The van der Waals surface area contributed by atoms with Crippen molar-refractivity contribution in [3.05, 3.63) is 45.4 Å². The second kappa shape index (κ2) is 5.69. The second-order valence-corrected chi connectivity index (χ2v) is 4.79. The minimum atomic E-state index is 0.182. The average Bonchev–Trinajstić information content (AvgIpc) is 2.15. The van der Waals surface area contributed by atoms with Crippen LogP contribution in [0.25, 0.3) is 0 Å². The molecule has 0 radical (unpaired) electrons. The molecule has 1 N–H and O–H groups in total. The molecule has 15 heavy (non-hydrogen) atoms. The van der Waals surface area contributed by atoms with Crippen LogP contribution < -0.4 is 5.32 Å². The van der Waals surface area contributed by atoms with Gasteiger partial charge >= 0.3 is 0 Å². The lowest BCUT2D eigenvalue weighted by atomic mass is 10.0. The van der Waals surface area contributed by atoms with Gasteiger partial charge in [-0.2, -0.15) is 0 Å². The van der Waals surface area contributed by atoms with E-state index >= 15 is 0 Å². The molecule has 1 aromatic carbocycles. The average molecular weight is 289 g/mol. The molecular formula is C12H15BrClN. The fourth-order valence-electron chi connectivity index (χ4n) is 1.49. The Kier molecular flexibility index (Phi) is 4.84. The van der Waals surface area contributed by atoms with E-state index in [0.29, 0.717) is 0 Å². The zero-order valence-electron chi connectivity index (χ0n) is 8.98. The van der Waals surface area contributed by atoms with E-state index in [1.54, 1.807) is 0 Å². The number of halogens is 2. The van der Waals surface area contributed by atoms with Crippen molar-refractivity contribution in [2.24, 2.45) is 0 Å². The van der Waals surface area contributed by atoms with Gasteiger partial charge in [0.05, 0.1) is 6.04 Å². The van der Waals surface area contributed by atoms with Gasteiger partial charge in [0.2, 0.25) is 0 Å². The van der Waals surface area contributed by atoms with Crippen LogP contribution in [0.15, 0.2) is 34.8 Å². The van der Waals surface area contributed by atoms with Crippen LogP contribution in [0, 0.1) is 0 Å². The summed E-state index contributed by atoms with van der Waals surface area (Å²) in [6, 6.07) is 6.01. The first-order chi connectivity index (χ1) is 7.06. The van der Waals surface area contributed by atoms with Crippen LogP contribution in [0.2, 0.25) is 5.02 Å². The molecule has 0 spiro atoms. The number of hydrogen-bond donors (Lipinski definition) is 1. The third-order valence-corrected chi connectivity index (χ3v) is 3.10. The Morgan fingerprint density at radius 3 is 2.73 bits per heavy atom. The molecule has 1 rings (SSSR count). The molecule has 1 atom stereocenters. The Morgan fingerprint density at radius 2 is 2.27 bits per heavy atom. The van der Waals surface area contributed by atoms with E-state index in [9.17, 15) is 0 Å². The molecule has 0 bridgehead atoms. The molecule has 0 aliphatic carbocycles. The van der Waals surface area contributed by atoms with Gasteiger partial charge in [0.1, 0.15) is 0 Å². The van der Waals surface area contributed by atoms with Gasteiger partial charge in [0.25, 0.3) is 0 Å². The molecule has 3 heteroatoms.